The molecule has 0 amide bonds. The first-order valence-electron chi connectivity index (χ1n) is 7.53. The third-order valence-corrected chi connectivity index (χ3v) is 4.40. The van der Waals surface area contributed by atoms with Gasteiger partial charge in [-0.15, -0.1) is 11.3 Å². The summed E-state index contributed by atoms with van der Waals surface area (Å²) in [6, 6.07) is 12.6. The average Bonchev–Trinajstić information content (AvgIpc) is 3.14. The number of methoxy groups -OCH3 is 1. The fourth-order valence-corrected chi connectivity index (χ4v) is 3.01. The maximum atomic E-state index is 13.7. The van der Waals surface area contributed by atoms with E-state index in [1.165, 1.54) is 23.6 Å². The molecule has 7 heteroatoms. The Hall–Kier alpha value is -3.24. The van der Waals surface area contributed by atoms with Gasteiger partial charge in [0.1, 0.15) is 34.0 Å². The van der Waals surface area contributed by atoms with Gasteiger partial charge in [0.2, 0.25) is 0 Å². The molecule has 3 aromatic rings. The summed E-state index contributed by atoms with van der Waals surface area (Å²) < 4.78 is 31.8. The smallest absolute Gasteiger partial charge is 0.149 e. The summed E-state index contributed by atoms with van der Waals surface area (Å²) in [6.45, 7) is 0. The Morgan fingerprint density at radius 1 is 1.27 bits per heavy atom. The standard InChI is InChI=1S/C19H13F2N3OS/c1-25-15-4-2-3-12(7-15)18-11-26-19(24-18)13(9-22)10-23-17-6-5-14(20)8-16(17)21/h2-8,10-11,23H,1H3. The van der Waals surface area contributed by atoms with Crippen LogP contribution in [0.4, 0.5) is 14.5 Å². The number of benzene rings is 2. The number of nitriles is 1. The Morgan fingerprint density at radius 3 is 2.85 bits per heavy atom. The van der Waals surface area contributed by atoms with Crippen molar-refractivity contribution in [1.82, 2.24) is 4.98 Å². The first-order valence-corrected chi connectivity index (χ1v) is 8.41. The van der Waals surface area contributed by atoms with Gasteiger partial charge < -0.3 is 10.1 Å². The van der Waals surface area contributed by atoms with Gasteiger partial charge in [0.05, 0.1) is 18.5 Å². The fraction of sp³-hybridized carbons (Fsp3) is 0.0526. The number of halogens is 2. The molecule has 2 aromatic carbocycles. The highest BCUT2D eigenvalue weighted by Crippen LogP contribution is 2.28. The zero-order chi connectivity index (χ0) is 18.5. The first kappa shape index (κ1) is 17.6. The molecule has 0 spiro atoms. The van der Waals surface area contributed by atoms with E-state index in [0.29, 0.717) is 16.5 Å². The summed E-state index contributed by atoms with van der Waals surface area (Å²) in [7, 11) is 1.59. The van der Waals surface area contributed by atoms with Gasteiger partial charge in [-0.2, -0.15) is 5.26 Å². The molecule has 130 valence electrons. The molecule has 1 heterocycles. The summed E-state index contributed by atoms with van der Waals surface area (Å²) in [5.41, 5.74) is 1.89. The molecule has 0 unspecified atom stereocenters. The summed E-state index contributed by atoms with van der Waals surface area (Å²) in [5, 5.41) is 14.4. The van der Waals surface area contributed by atoms with Crippen molar-refractivity contribution in [2.45, 2.75) is 0 Å². The van der Waals surface area contributed by atoms with Gasteiger partial charge in [0, 0.05) is 23.2 Å². The molecule has 3 rings (SSSR count). The molecular weight excluding hydrogens is 356 g/mol. The Bertz CT molecular complexity index is 1010. The largest absolute Gasteiger partial charge is 0.497 e. The zero-order valence-corrected chi connectivity index (χ0v) is 14.5. The van der Waals surface area contributed by atoms with Gasteiger partial charge in [-0.3, -0.25) is 0 Å². The van der Waals surface area contributed by atoms with Crippen LogP contribution in [0.5, 0.6) is 5.75 Å². The summed E-state index contributed by atoms with van der Waals surface area (Å²) >= 11 is 1.30. The summed E-state index contributed by atoms with van der Waals surface area (Å²) in [5.74, 6) is -0.698. The lowest BCUT2D eigenvalue weighted by atomic mass is 10.1. The van der Waals surface area contributed by atoms with E-state index in [2.05, 4.69) is 10.3 Å². The lowest BCUT2D eigenvalue weighted by Crippen LogP contribution is -1.94. The molecule has 0 saturated heterocycles. The van der Waals surface area contributed by atoms with Crippen molar-refractivity contribution in [1.29, 1.82) is 5.26 Å². The van der Waals surface area contributed by atoms with E-state index in [4.69, 9.17) is 4.74 Å². The van der Waals surface area contributed by atoms with Gasteiger partial charge in [-0.1, -0.05) is 12.1 Å². The van der Waals surface area contributed by atoms with E-state index < -0.39 is 11.6 Å². The maximum absolute atomic E-state index is 13.7. The average molecular weight is 369 g/mol. The molecule has 0 radical (unpaired) electrons. The van der Waals surface area contributed by atoms with Crippen LogP contribution in [0, 0.1) is 23.0 Å². The Morgan fingerprint density at radius 2 is 2.12 bits per heavy atom. The fourth-order valence-electron chi connectivity index (χ4n) is 2.21. The second kappa shape index (κ2) is 7.76. The van der Waals surface area contributed by atoms with Crippen LogP contribution in [0.1, 0.15) is 5.01 Å². The van der Waals surface area contributed by atoms with Crippen LogP contribution in [-0.2, 0) is 0 Å². The number of allylic oxidation sites excluding steroid dienone is 1. The normalized spacial score (nSPS) is 11.1. The van der Waals surface area contributed by atoms with E-state index in [1.807, 2.05) is 35.7 Å². The maximum Gasteiger partial charge on any atom is 0.149 e. The van der Waals surface area contributed by atoms with E-state index in [-0.39, 0.29) is 11.3 Å². The van der Waals surface area contributed by atoms with Crippen LogP contribution in [0.25, 0.3) is 16.8 Å². The molecule has 4 nitrogen and oxygen atoms in total. The van der Waals surface area contributed by atoms with Gasteiger partial charge in [0.15, 0.2) is 0 Å². The van der Waals surface area contributed by atoms with Crippen LogP contribution < -0.4 is 10.1 Å². The molecule has 26 heavy (non-hydrogen) atoms. The number of rotatable bonds is 5. The second-order valence-corrected chi connectivity index (χ2v) is 6.07. The molecule has 0 bridgehead atoms. The van der Waals surface area contributed by atoms with Crippen LogP contribution in [-0.4, -0.2) is 12.1 Å². The number of hydrogen-bond acceptors (Lipinski definition) is 5. The molecule has 1 aromatic heterocycles. The minimum absolute atomic E-state index is 0.0729. The van der Waals surface area contributed by atoms with Crippen molar-refractivity contribution in [3.63, 3.8) is 0 Å². The van der Waals surface area contributed by atoms with Gasteiger partial charge in [-0.25, -0.2) is 13.8 Å². The SMILES string of the molecule is COc1cccc(-c2csc(C(C#N)=CNc3ccc(F)cc3F)n2)c1. The minimum atomic E-state index is -0.741. The van der Waals surface area contributed by atoms with Gasteiger partial charge in [-0.05, 0) is 24.3 Å². The van der Waals surface area contributed by atoms with E-state index in [1.54, 1.807) is 7.11 Å². The predicted octanol–water partition coefficient (Wildman–Crippen LogP) is 5.07. The number of aromatic nitrogens is 1. The highest BCUT2D eigenvalue weighted by Gasteiger charge is 2.10. The molecule has 0 fully saturated rings. The summed E-state index contributed by atoms with van der Waals surface area (Å²) in [4.78, 5) is 4.45. The number of ether oxygens (including phenoxy) is 1. The van der Waals surface area contributed by atoms with E-state index >= 15 is 0 Å². The number of nitrogens with one attached hydrogen (secondary N) is 1. The van der Waals surface area contributed by atoms with Crippen molar-refractivity contribution in [3.05, 3.63) is 70.7 Å². The van der Waals surface area contributed by atoms with Crippen LogP contribution in [0.15, 0.2) is 54.0 Å². The highest BCUT2D eigenvalue weighted by molar-refractivity contribution is 7.11. The lowest BCUT2D eigenvalue weighted by Gasteiger charge is -2.03. The highest BCUT2D eigenvalue weighted by atomic mass is 32.1. The van der Waals surface area contributed by atoms with Crippen molar-refractivity contribution in [2.24, 2.45) is 0 Å². The quantitative estimate of drug-likeness (QED) is 0.638. The zero-order valence-electron chi connectivity index (χ0n) is 13.7. The second-order valence-electron chi connectivity index (χ2n) is 5.21. The molecule has 0 atom stereocenters. The lowest BCUT2D eigenvalue weighted by molar-refractivity contribution is 0.415. The molecule has 1 N–H and O–H groups in total. The first-order chi connectivity index (χ1) is 12.6. The van der Waals surface area contributed by atoms with Crippen LogP contribution >= 0.6 is 11.3 Å². The Kier molecular flexibility index (Phi) is 5.25. The molecule has 0 saturated carbocycles. The molecule has 0 aliphatic rings. The van der Waals surface area contributed by atoms with Crippen LogP contribution in [0.2, 0.25) is 0 Å². The van der Waals surface area contributed by atoms with Gasteiger partial charge >= 0.3 is 0 Å². The van der Waals surface area contributed by atoms with Crippen molar-refractivity contribution in [3.8, 4) is 23.1 Å². The third kappa shape index (κ3) is 3.87. The third-order valence-electron chi connectivity index (χ3n) is 3.52. The summed E-state index contributed by atoms with van der Waals surface area (Å²) in [6.07, 6.45) is 1.35. The van der Waals surface area contributed by atoms with Crippen molar-refractivity contribution < 1.29 is 13.5 Å². The Balaban J connectivity index is 1.85. The predicted molar refractivity (Wildman–Crippen MR) is 97.7 cm³/mol. The molecular formula is C19H13F2N3OS. The number of thiazole rings is 1. The van der Waals surface area contributed by atoms with Crippen molar-refractivity contribution in [2.75, 3.05) is 12.4 Å². The molecule has 0 aliphatic heterocycles. The number of anilines is 1. The van der Waals surface area contributed by atoms with E-state index in [0.717, 1.165) is 17.7 Å². The topological polar surface area (TPSA) is 57.9 Å². The van der Waals surface area contributed by atoms with Crippen molar-refractivity contribution >= 4 is 22.6 Å². The van der Waals surface area contributed by atoms with Gasteiger partial charge in [0.25, 0.3) is 0 Å². The molecule has 0 aliphatic carbocycles. The van der Waals surface area contributed by atoms with E-state index in [9.17, 15) is 14.0 Å². The number of hydrogen-bond donors (Lipinski definition) is 1. The van der Waals surface area contributed by atoms with Crippen LogP contribution in [0.3, 0.4) is 0 Å². The number of nitrogens with zero attached hydrogens (tertiary/aromatic N) is 2. The monoisotopic (exact) mass is 369 g/mol. The minimum Gasteiger partial charge on any atom is -0.497 e. The Labute approximate surface area is 153 Å².